The summed E-state index contributed by atoms with van der Waals surface area (Å²) in [6.07, 6.45) is -3.27. The van der Waals surface area contributed by atoms with Crippen LogP contribution < -0.4 is 10.2 Å². The summed E-state index contributed by atoms with van der Waals surface area (Å²) >= 11 is 0. The highest BCUT2D eigenvalue weighted by molar-refractivity contribution is 5.79. The maximum atomic E-state index is 13.3. The largest absolute Gasteiger partial charge is 0.508 e. The number of H-pyrrole nitrogens is 1. The number of fused-ring (bicyclic) bond motifs is 1. The van der Waals surface area contributed by atoms with Crippen molar-refractivity contribution in [2.24, 2.45) is 0 Å². The number of amides is 1. The molecule has 4 aromatic rings. The summed E-state index contributed by atoms with van der Waals surface area (Å²) in [5, 5.41) is 24.3. The van der Waals surface area contributed by atoms with Crippen LogP contribution in [0.2, 0.25) is 0 Å². The molecular formula is C23H23F3N8O2. The molecule has 0 unspecified atom stereocenters. The number of carbonyl (C=O) groups excluding carboxylic acids is 1. The minimum atomic E-state index is -4.66. The number of carbonyl (C=O) groups is 1. The average molecular weight is 500 g/mol. The molecule has 1 amide bonds. The van der Waals surface area contributed by atoms with Crippen LogP contribution in [0.25, 0.3) is 5.52 Å². The Balaban J connectivity index is 1.29. The number of alkyl halides is 3. The summed E-state index contributed by atoms with van der Waals surface area (Å²) in [5.74, 6) is 0.732. The number of aromatic hydroxyl groups is 1. The molecule has 0 bridgehead atoms. The number of phenolic OH excluding ortho intramolecular Hbond substituents is 1. The van der Waals surface area contributed by atoms with E-state index in [-0.39, 0.29) is 5.56 Å². The maximum Gasteiger partial charge on any atom is 0.416 e. The number of rotatable bonds is 5. The number of phenols is 1. The first-order chi connectivity index (χ1) is 17.2. The molecule has 0 spiro atoms. The van der Waals surface area contributed by atoms with Crippen LogP contribution in [-0.4, -0.2) is 66.9 Å². The van der Waals surface area contributed by atoms with Gasteiger partial charge in [0, 0.05) is 44.1 Å². The summed E-state index contributed by atoms with van der Waals surface area (Å²) < 4.78 is 41.7. The van der Waals surface area contributed by atoms with Gasteiger partial charge >= 0.3 is 6.18 Å². The number of hydrogen-bond donors (Lipinski definition) is 3. The van der Waals surface area contributed by atoms with Gasteiger partial charge in [0.1, 0.15) is 11.3 Å². The lowest BCUT2D eigenvalue weighted by molar-refractivity contribution is -0.138. The molecule has 1 aliphatic rings. The Kier molecular flexibility index (Phi) is 5.90. The minimum absolute atomic E-state index is 0.168. The molecule has 3 aromatic heterocycles. The van der Waals surface area contributed by atoms with Crippen molar-refractivity contribution in [3.63, 3.8) is 0 Å². The number of aromatic nitrogens is 5. The Morgan fingerprint density at radius 3 is 2.64 bits per heavy atom. The smallest absolute Gasteiger partial charge is 0.416 e. The number of halogens is 3. The Morgan fingerprint density at radius 1 is 1.17 bits per heavy atom. The van der Waals surface area contributed by atoms with E-state index in [0.717, 1.165) is 23.3 Å². The van der Waals surface area contributed by atoms with E-state index in [1.54, 1.807) is 10.7 Å². The molecule has 188 valence electrons. The SMILES string of the molecule is Cc1cc(Nc2nc(N3CCN(C(=O)Cc4ccc(O)cc4C(F)(F)F)CC3)nn3cccc23)n[nH]1. The van der Waals surface area contributed by atoms with Crippen molar-refractivity contribution < 1.29 is 23.1 Å². The van der Waals surface area contributed by atoms with Crippen LogP contribution in [0.5, 0.6) is 5.75 Å². The monoisotopic (exact) mass is 500 g/mol. The van der Waals surface area contributed by atoms with E-state index < -0.39 is 29.8 Å². The van der Waals surface area contributed by atoms with Gasteiger partial charge in [-0.15, -0.1) is 5.10 Å². The molecular weight excluding hydrogens is 477 g/mol. The van der Waals surface area contributed by atoms with E-state index in [2.05, 4.69) is 25.6 Å². The molecule has 0 saturated carbocycles. The Morgan fingerprint density at radius 2 is 1.94 bits per heavy atom. The van der Waals surface area contributed by atoms with Gasteiger partial charge in [0.05, 0.1) is 12.0 Å². The average Bonchev–Trinajstić information content (AvgIpc) is 3.48. The van der Waals surface area contributed by atoms with Gasteiger partial charge < -0.3 is 20.2 Å². The highest BCUT2D eigenvalue weighted by atomic mass is 19.4. The van der Waals surface area contributed by atoms with E-state index in [1.807, 2.05) is 30.0 Å². The van der Waals surface area contributed by atoms with Crippen molar-refractivity contribution in [3.8, 4) is 5.75 Å². The third-order valence-corrected chi connectivity index (χ3v) is 5.99. The van der Waals surface area contributed by atoms with Crippen molar-refractivity contribution in [3.05, 3.63) is 59.4 Å². The molecule has 36 heavy (non-hydrogen) atoms. The number of nitrogens with one attached hydrogen (secondary N) is 2. The van der Waals surface area contributed by atoms with Gasteiger partial charge in [0.2, 0.25) is 11.9 Å². The zero-order valence-electron chi connectivity index (χ0n) is 19.2. The zero-order valence-corrected chi connectivity index (χ0v) is 19.2. The van der Waals surface area contributed by atoms with Crippen LogP contribution >= 0.6 is 0 Å². The first-order valence-corrected chi connectivity index (χ1v) is 11.2. The topological polar surface area (TPSA) is 115 Å². The highest BCUT2D eigenvalue weighted by Gasteiger charge is 2.35. The van der Waals surface area contributed by atoms with Gasteiger partial charge in [-0.1, -0.05) is 6.07 Å². The van der Waals surface area contributed by atoms with Crippen molar-refractivity contribution in [1.82, 2.24) is 29.7 Å². The van der Waals surface area contributed by atoms with Crippen LogP contribution in [-0.2, 0) is 17.4 Å². The maximum absolute atomic E-state index is 13.3. The molecule has 1 aromatic carbocycles. The lowest BCUT2D eigenvalue weighted by atomic mass is 10.0. The second kappa shape index (κ2) is 9.06. The molecule has 10 nitrogen and oxygen atoms in total. The molecule has 1 aliphatic heterocycles. The summed E-state index contributed by atoms with van der Waals surface area (Å²) in [6, 6.07) is 8.52. The highest BCUT2D eigenvalue weighted by Crippen LogP contribution is 2.34. The van der Waals surface area contributed by atoms with Gasteiger partial charge in [-0.3, -0.25) is 9.89 Å². The molecule has 3 N–H and O–H groups in total. The van der Waals surface area contributed by atoms with Crippen LogP contribution in [0, 0.1) is 6.92 Å². The molecule has 1 saturated heterocycles. The summed E-state index contributed by atoms with van der Waals surface area (Å²) in [7, 11) is 0. The molecule has 0 radical (unpaired) electrons. The van der Waals surface area contributed by atoms with Gasteiger partial charge in [0.25, 0.3) is 0 Å². The second-order valence-electron chi connectivity index (χ2n) is 8.54. The number of nitrogens with zero attached hydrogens (tertiary/aromatic N) is 6. The van der Waals surface area contributed by atoms with Crippen LogP contribution in [0.15, 0.2) is 42.6 Å². The van der Waals surface area contributed by atoms with Crippen molar-refractivity contribution in [2.45, 2.75) is 19.5 Å². The van der Waals surface area contributed by atoms with Crippen LogP contribution in [0.1, 0.15) is 16.8 Å². The molecule has 5 rings (SSSR count). The first kappa shape index (κ1) is 23.5. The second-order valence-corrected chi connectivity index (χ2v) is 8.54. The lowest BCUT2D eigenvalue weighted by Gasteiger charge is -2.35. The summed E-state index contributed by atoms with van der Waals surface area (Å²) in [5.41, 5.74) is 0.490. The van der Waals surface area contributed by atoms with Gasteiger partial charge in [0.15, 0.2) is 11.6 Å². The van der Waals surface area contributed by atoms with Gasteiger partial charge in [-0.25, -0.2) is 4.52 Å². The number of piperazine rings is 1. The Hall–Kier alpha value is -4.29. The number of aromatic amines is 1. The lowest BCUT2D eigenvalue weighted by Crippen LogP contribution is -2.49. The molecule has 1 fully saturated rings. The van der Waals surface area contributed by atoms with E-state index in [4.69, 9.17) is 0 Å². The van der Waals surface area contributed by atoms with Crippen LogP contribution in [0.3, 0.4) is 0 Å². The van der Waals surface area contributed by atoms with Crippen molar-refractivity contribution >= 4 is 29.0 Å². The summed E-state index contributed by atoms with van der Waals surface area (Å²) in [6.45, 7) is 3.35. The first-order valence-electron chi connectivity index (χ1n) is 11.2. The minimum Gasteiger partial charge on any atom is -0.508 e. The Labute approximate surface area is 203 Å². The third kappa shape index (κ3) is 4.76. The fourth-order valence-electron chi connectivity index (χ4n) is 4.17. The zero-order chi connectivity index (χ0) is 25.4. The predicted octanol–water partition coefficient (Wildman–Crippen LogP) is 3.12. The fourth-order valence-corrected chi connectivity index (χ4v) is 4.17. The van der Waals surface area contributed by atoms with E-state index in [9.17, 15) is 23.1 Å². The van der Waals surface area contributed by atoms with Gasteiger partial charge in [-0.05, 0) is 36.8 Å². The van der Waals surface area contributed by atoms with Crippen molar-refractivity contribution in [1.29, 1.82) is 0 Å². The molecule has 0 aliphatic carbocycles. The summed E-state index contributed by atoms with van der Waals surface area (Å²) in [4.78, 5) is 20.9. The normalized spacial score (nSPS) is 14.4. The number of hydrogen-bond acceptors (Lipinski definition) is 7. The molecule has 4 heterocycles. The molecule has 13 heteroatoms. The fraction of sp³-hybridized carbons (Fsp3) is 0.304. The number of anilines is 3. The van der Waals surface area contributed by atoms with Gasteiger partial charge in [-0.2, -0.15) is 23.3 Å². The number of benzene rings is 1. The van der Waals surface area contributed by atoms with Crippen LogP contribution in [0.4, 0.5) is 30.8 Å². The standard InChI is InChI=1S/C23H23F3N8O2/c1-14-11-19(30-29-14)27-21-18-3-2-6-34(18)31-22(28-21)33-9-7-32(8-10-33)20(36)12-15-4-5-16(35)13-17(15)23(24,25)26/h2-6,11,13,35H,7-10,12H2,1H3,(H2,27,28,29,30,31). The number of aryl methyl sites for hydroxylation is 1. The van der Waals surface area contributed by atoms with E-state index >= 15 is 0 Å². The third-order valence-electron chi connectivity index (χ3n) is 5.99. The molecule has 0 atom stereocenters. The quantitative estimate of drug-likeness (QED) is 0.386. The Bertz CT molecular complexity index is 1410. The predicted molar refractivity (Wildman–Crippen MR) is 125 cm³/mol. The van der Waals surface area contributed by atoms with E-state index in [0.29, 0.717) is 49.8 Å². The van der Waals surface area contributed by atoms with Crippen molar-refractivity contribution in [2.75, 3.05) is 36.4 Å². The van der Waals surface area contributed by atoms with E-state index in [1.165, 1.54) is 4.90 Å².